The van der Waals surface area contributed by atoms with Gasteiger partial charge in [0.15, 0.2) is 11.5 Å². The number of fused-ring (bicyclic) bond motifs is 3. The lowest BCUT2D eigenvalue weighted by Crippen LogP contribution is -2.31. The molecule has 2 heterocycles. The summed E-state index contributed by atoms with van der Waals surface area (Å²) in [4.78, 5) is 0. The largest absolute Gasteiger partial charge is 0.493 e. The van der Waals surface area contributed by atoms with E-state index in [1.54, 1.807) is 14.2 Å². The Morgan fingerprint density at radius 1 is 1.23 bits per heavy atom. The molecule has 2 aromatic carbocycles. The lowest BCUT2D eigenvalue weighted by molar-refractivity contribution is 0.352. The minimum absolute atomic E-state index is 0.0339. The average molecular weight is 480 g/mol. The van der Waals surface area contributed by atoms with Crippen LogP contribution in [0.5, 0.6) is 17.2 Å². The summed E-state index contributed by atoms with van der Waals surface area (Å²) in [5.74, 6) is 1.46. The number of methoxy groups -OCH3 is 2. The monoisotopic (exact) mass is 479 g/mol. The number of aromatic nitrogens is 1. The van der Waals surface area contributed by atoms with Gasteiger partial charge in [0, 0.05) is 29.6 Å². The van der Waals surface area contributed by atoms with Crippen LogP contribution in [0.1, 0.15) is 29.9 Å². The quantitative estimate of drug-likeness (QED) is 0.525. The molecule has 1 N–H and O–H groups in total. The first-order valence-electron chi connectivity index (χ1n) is 10.2. The summed E-state index contributed by atoms with van der Waals surface area (Å²) in [5.41, 5.74) is 2.86. The van der Waals surface area contributed by atoms with E-state index in [0.29, 0.717) is 17.2 Å². The van der Waals surface area contributed by atoms with E-state index in [9.17, 15) is 5.26 Å². The number of nitriles is 1. The molecule has 31 heavy (non-hydrogen) atoms. The molecule has 2 aliphatic rings. The van der Waals surface area contributed by atoms with Crippen LogP contribution < -0.4 is 14.2 Å². The molecule has 0 bridgehead atoms. The van der Waals surface area contributed by atoms with E-state index < -0.39 is 5.92 Å². The van der Waals surface area contributed by atoms with Crippen molar-refractivity contribution in [2.24, 2.45) is 11.8 Å². The average Bonchev–Trinajstić information content (AvgIpc) is 3.49. The number of benzene rings is 2. The van der Waals surface area contributed by atoms with Crippen LogP contribution in [0.4, 0.5) is 0 Å². The van der Waals surface area contributed by atoms with Crippen LogP contribution in [0, 0.1) is 28.6 Å². The zero-order valence-corrected chi connectivity index (χ0v) is 18.9. The predicted octanol–water partition coefficient (Wildman–Crippen LogP) is 5.47. The van der Waals surface area contributed by atoms with Crippen molar-refractivity contribution >= 4 is 32.7 Å². The van der Waals surface area contributed by atoms with Crippen LogP contribution in [-0.4, -0.2) is 24.7 Å². The molecule has 0 spiro atoms. The van der Waals surface area contributed by atoms with E-state index in [1.165, 1.54) is 12.8 Å². The lowest BCUT2D eigenvalue weighted by Gasteiger charge is -2.31. The third-order valence-electron chi connectivity index (χ3n) is 6.20. The Balaban J connectivity index is 1.68. The molecule has 1 fully saturated rings. The van der Waals surface area contributed by atoms with Crippen LogP contribution in [0.25, 0.3) is 10.9 Å². The molecule has 5 rings (SSSR count). The third kappa shape index (κ3) is 3.26. The van der Waals surface area contributed by atoms with E-state index in [-0.39, 0.29) is 11.8 Å². The summed E-state index contributed by atoms with van der Waals surface area (Å²) >= 11 is 3.56. The van der Waals surface area contributed by atoms with Crippen molar-refractivity contribution in [1.82, 2.24) is 4.57 Å². The Hall–Kier alpha value is -2.98. The molecule has 7 heteroatoms. The smallest absolute Gasteiger partial charge is 0.205 e. The van der Waals surface area contributed by atoms with Crippen LogP contribution in [0.3, 0.4) is 0 Å². The molecule has 2 atom stereocenters. The number of hydrogen-bond donors (Lipinski definition) is 1. The van der Waals surface area contributed by atoms with Gasteiger partial charge in [-0.25, -0.2) is 0 Å². The number of ether oxygens (including phenoxy) is 3. The fourth-order valence-corrected chi connectivity index (χ4v) is 5.11. The van der Waals surface area contributed by atoms with Gasteiger partial charge in [0.05, 0.1) is 30.3 Å². The summed E-state index contributed by atoms with van der Waals surface area (Å²) in [7, 11) is 3.17. The second-order valence-corrected chi connectivity index (χ2v) is 8.97. The van der Waals surface area contributed by atoms with E-state index in [2.05, 4.69) is 44.9 Å². The molecule has 1 aliphatic heterocycles. The minimum atomic E-state index is -0.733. The molecular formula is C24H22BrN3O3. The maximum Gasteiger partial charge on any atom is 0.205 e. The Bertz CT molecular complexity index is 1240. The lowest BCUT2D eigenvalue weighted by atomic mass is 9.78. The topological polar surface area (TPSA) is 80.3 Å². The summed E-state index contributed by atoms with van der Waals surface area (Å²) in [5, 5.41) is 19.3. The van der Waals surface area contributed by atoms with Gasteiger partial charge in [-0.2, -0.15) is 5.26 Å². The van der Waals surface area contributed by atoms with Crippen molar-refractivity contribution in [3.63, 3.8) is 0 Å². The van der Waals surface area contributed by atoms with Gasteiger partial charge in [-0.15, -0.1) is 0 Å². The summed E-state index contributed by atoms with van der Waals surface area (Å²) < 4.78 is 19.9. The summed E-state index contributed by atoms with van der Waals surface area (Å²) in [6.07, 6.45) is 4.66. The van der Waals surface area contributed by atoms with Gasteiger partial charge < -0.3 is 18.8 Å². The molecule has 6 nitrogen and oxygen atoms in total. The Kier molecular flexibility index (Phi) is 4.90. The summed E-state index contributed by atoms with van der Waals surface area (Å²) in [6.45, 7) is 1.01. The van der Waals surface area contributed by atoms with Crippen molar-refractivity contribution in [1.29, 1.82) is 10.7 Å². The first-order valence-corrected chi connectivity index (χ1v) is 11.0. The predicted molar refractivity (Wildman–Crippen MR) is 121 cm³/mol. The number of nitrogens with zero attached hydrogens (tertiary/aromatic N) is 2. The summed E-state index contributed by atoms with van der Waals surface area (Å²) in [6, 6.07) is 12.3. The molecule has 2 unspecified atom stereocenters. The first kappa shape index (κ1) is 20.0. The molecule has 0 radical (unpaired) electrons. The van der Waals surface area contributed by atoms with Crippen LogP contribution in [0.2, 0.25) is 0 Å². The van der Waals surface area contributed by atoms with Gasteiger partial charge >= 0.3 is 0 Å². The fraction of sp³-hybridized carbons (Fsp3) is 0.333. The number of halogens is 1. The van der Waals surface area contributed by atoms with Crippen LogP contribution in [0.15, 0.2) is 41.0 Å². The highest BCUT2D eigenvalue weighted by atomic mass is 79.9. The van der Waals surface area contributed by atoms with E-state index in [4.69, 9.17) is 19.6 Å². The zero-order valence-electron chi connectivity index (χ0n) is 17.3. The zero-order chi connectivity index (χ0) is 21.7. The second-order valence-electron chi connectivity index (χ2n) is 8.12. The minimum Gasteiger partial charge on any atom is -0.493 e. The molecule has 158 valence electrons. The standard InChI is InChI=1S/C24H22BrN3O3/c1-29-20-10-14(9-18(25)23(20)30-2)21-16-5-6-19-15(7-8-28(19)12-13-3-4-13)22(16)31-24(27)17(21)11-26/h5-10,13,17,21,27H,3-4,12H2,1-2H3. The van der Waals surface area contributed by atoms with Gasteiger partial charge in [-0.1, -0.05) is 6.07 Å². The molecule has 1 aliphatic carbocycles. The van der Waals surface area contributed by atoms with Crippen molar-refractivity contribution in [2.45, 2.75) is 25.3 Å². The molecular weight excluding hydrogens is 458 g/mol. The SMILES string of the molecule is COc1cc(C2c3ccc4c(ccn4CC4CC4)c3OC(=N)C2C#N)cc(Br)c1OC. The van der Waals surface area contributed by atoms with Crippen molar-refractivity contribution in [3.8, 4) is 23.3 Å². The van der Waals surface area contributed by atoms with Crippen molar-refractivity contribution in [3.05, 3.63) is 52.1 Å². The van der Waals surface area contributed by atoms with E-state index in [1.807, 2.05) is 18.2 Å². The fourth-order valence-electron chi connectivity index (χ4n) is 4.49. The molecule has 1 aromatic heterocycles. The highest BCUT2D eigenvalue weighted by molar-refractivity contribution is 9.10. The van der Waals surface area contributed by atoms with Gasteiger partial charge in [0.1, 0.15) is 11.7 Å². The van der Waals surface area contributed by atoms with Crippen LogP contribution >= 0.6 is 15.9 Å². The maximum absolute atomic E-state index is 9.90. The third-order valence-corrected chi connectivity index (χ3v) is 6.79. The van der Waals surface area contributed by atoms with Gasteiger partial charge in [0.25, 0.3) is 0 Å². The van der Waals surface area contributed by atoms with Gasteiger partial charge in [0.2, 0.25) is 5.90 Å². The maximum atomic E-state index is 9.90. The Labute approximate surface area is 189 Å². The number of rotatable bonds is 5. The molecule has 0 amide bonds. The van der Waals surface area contributed by atoms with Gasteiger partial charge in [-0.05, 0) is 64.5 Å². The second kappa shape index (κ2) is 7.61. The molecule has 0 saturated heterocycles. The number of hydrogen-bond acceptors (Lipinski definition) is 5. The Morgan fingerprint density at radius 2 is 2.03 bits per heavy atom. The van der Waals surface area contributed by atoms with Gasteiger partial charge in [-0.3, -0.25) is 5.41 Å². The first-order chi connectivity index (χ1) is 15.0. The van der Waals surface area contributed by atoms with Crippen molar-refractivity contribution in [2.75, 3.05) is 14.2 Å². The van der Waals surface area contributed by atoms with E-state index >= 15 is 0 Å². The Morgan fingerprint density at radius 3 is 2.71 bits per heavy atom. The van der Waals surface area contributed by atoms with Crippen LogP contribution in [-0.2, 0) is 6.54 Å². The highest BCUT2D eigenvalue weighted by Gasteiger charge is 2.38. The van der Waals surface area contributed by atoms with E-state index in [0.717, 1.165) is 39.0 Å². The normalized spacial score (nSPS) is 20.1. The molecule has 3 aromatic rings. The van der Waals surface area contributed by atoms with Crippen molar-refractivity contribution < 1.29 is 14.2 Å². The number of nitrogens with one attached hydrogen (secondary N) is 1. The molecule has 1 saturated carbocycles. The highest BCUT2D eigenvalue weighted by Crippen LogP contribution is 2.48.